The summed E-state index contributed by atoms with van der Waals surface area (Å²) in [4.78, 5) is 41.2. The van der Waals surface area contributed by atoms with Crippen LogP contribution in [0.15, 0.2) is 103 Å². The summed E-state index contributed by atoms with van der Waals surface area (Å²) < 4.78 is 11.1. The molecule has 4 rings (SSSR count). The van der Waals surface area contributed by atoms with E-state index in [0.29, 0.717) is 42.1 Å². The minimum Gasteiger partial charge on any atom is -0.492 e. The summed E-state index contributed by atoms with van der Waals surface area (Å²) in [6, 6.07) is 31.0. The summed E-state index contributed by atoms with van der Waals surface area (Å²) in [6.07, 6.45) is 1.92. The lowest BCUT2D eigenvalue weighted by Crippen LogP contribution is -2.38. The van der Waals surface area contributed by atoms with E-state index < -0.39 is 12.0 Å². The van der Waals surface area contributed by atoms with Crippen molar-refractivity contribution in [3.05, 3.63) is 125 Å². The van der Waals surface area contributed by atoms with Crippen molar-refractivity contribution < 1.29 is 23.9 Å². The molecular weight excluding hydrogens is 564 g/mol. The summed E-state index contributed by atoms with van der Waals surface area (Å²) in [6.45, 7) is 6.86. The number of rotatable bonds is 15. The Labute approximate surface area is 266 Å². The largest absolute Gasteiger partial charge is 0.492 e. The van der Waals surface area contributed by atoms with E-state index in [1.54, 1.807) is 30.3 Å². The first-order valence-corrected chi connectivity index (χ1v) is 15.5. The summed E-state index contributed by atoms with van der Waals surface area (Å²) in [5.74, 6) is 0.170. The molecule has 45 heavy (non-hydrogen) atoms. The van der Waals surface area contributed by atoms with Gasteiger partial charge in [0.05, 0.1) is 13.7 Å². The van der Waals surface area contributed by atoms with Crippen LogP contribution in [0.2, 0.25) is 0 Å². The molecule has 1 N–H and O–H groups in total. The zero-order valence-electron chi connectivity index (χ0n) is 26.5. The Morgan fingerprint density at radius 2 is 1.51 bits per heavy atom. The number of nitrogens with one attached hydrogen (secondary N) is 1. The summed E-state index contributed by atoms with van der Waals surface area (Å²) in [5, 5.41) is 3.24. The van der Waals surface area contributed by atoms with Crippen LogP contribution in [-0.2, 0) is 20.7 Å². The van der Waals surface area contributed by atoms with E-state index in [-0.39, 0.29) is 17.6 Å². The summed E-state index contributed by atoms with van der Waals surface area (Å²) in [5.41, 5.74) is 4.46. The topological polar surface area (TPSA) is 84.9 Å². The quantitative estimate of drug-likeness (QED) is 0.113. The molecule has 0 aliphatic heterocycles. The molecule has 0 saturated carbocycles. The molecule has 0 radical (unpaired) electrons. The Morgan fingerprint density at radius 3 is 2.18 bits per heavy atom. The van der Waals surface area contributed by atoms with Gasteiger partial charge in [-0.25, -0.2) is 4.79 Å². The van der Waals surface area contributed by atoms with E-state index in [1.807, 2.05) is 98.5 Å². The molecule has 4 aromatic rings. The van der Waals surface area contributed by atoms with Gasteiger partial charge in [0, 0.05) is 34.8 Å². The van der Waals surface area contributed by atoms with Gasteiger partial charge in [0.15, 0.2) is 5.78 Å². The molecule has 234 valence electrons. The number of benzene rings is 4. The number of amides is 1. The number of ketones is 1. The van der Waals surface area contributed by atoms with E-state index in [4.69, 9.17) is 9.47 Å². The fourth-order valence-electron chi connectivity index (χ4n) is 5.31. The highest BCUT2D eigenvalue weighted by Crippen LogP contribution is 2.24. The number of ether oxygens (including phenoxy) is 2. The summed E-state index contributed by atoms with van der Waals surface area (Å²) in [7, 11) is 1.35. The van der Waals surface area contributed by atoms with Gasteiger partial charge < -0.3 is 19.7 Å². The van der Waals surface area contributed by atoms with E-state index in [9.17, 15) is 14.4 Å². The first-order chi connectivity index (χ1) is 21.8. The second-order valence-electron chi connectivity index (χ2n) is 11.0. The molecule has 0 bridgehead atoms. The number of aryl methyl sites for hydroxylation is 1. The smallest absolute Gasteiger partial charge is 0.328 e. The molecular formula is C38H42N2O5. The highest BCUT2D eigenvalue weighted by molar-refractivity contribution is 6.12. The van der Waals surface area contributed by atoms with E-state index >= 15 is 0 Å². The maximum absolute atomic E-state index is 13.4. The predicted octanol–water partition coefficient (Wildman–Crippen LogP) is 7.27. The second-order valence-corrected chi connectivity index (χ2v) is 11.0. The van der Waals surface area contributed by atoms with Gasteiger partial charge >= 0.3 is 5.97 Å². The number of hydrogen-bond acceptors (Lipinski definition) is 6. The molecule has 0 saturated heterocycles. The van der Waals surface area contributed by atoms with Crippen LogP contribution in [0.25, 0.3) is 0 Å². The average molecular weight is 607 g/mol. The first kappa shape index (κ1) is 33.0. The van der Waals surface area contributed by atoms with Crippen molar-refractivity contribution in [3.8, 4) is 5.75 Å². The molecule has 0 fully saturated rings. The number of methoxy groups -OCH3 is 1. The number of hydrogen-bond donors (Lipinski definition) is 1. The lowest BCUT2D eigenvalue weighted by Gasteiger charge is -2.27. The van der Waals surface area contributed by atoms with Gasteiger partial charge in [-0.15, -0.1) is 0 Å². The van der Waals surface area contributed by atoms with Gasteiger partial charge in [-0.1, -0.05) is 80.6 Å². The molecule has 1 atom stereocenters. The molecule has 0 unspecified atom stereocenters. The maximum Gasteiger partial charge on any atom is 0.328 e. The highest BCUT2D eigenvalue weighted by atomic mass is 16.5. The zero-order chi connectivity index (χ0) is 32.2. The zero-order valence-corrected chi connectivity index (χ0v) is 26.5. The molecule has 0 aliphatic carbocycles. The Hall–Kier alpha value is -4.91. The van der Waals surface area contributed by atoms with Crippen molar-refractivity contribution in [1.29, 1.82) is 0 Å². The van der Waals surface area contributed by atoms with Gasteiger partial charge in [0.2, 0.25) is 5.91 Å². The highest BCUT2D eigenvalue weighted by Gasteiger charge is 2.24. The van der Waals surface area contributed by atoms with E-state index in [0.717, 1.165) is 29.7 Å². The van der Waals surface area contributed by atoms with E-state index in [1.165, 1.54) is 7.11 Å². The van der Waals surface area contributed by atoms with Crippen LogP contribution in [0, 0.1) is 12.8 Å². The fourth-order valence-corrected chi connectivity index (χ4v) is 5.31. The third-order valence-electron chi connectivity index (χ3n) is 7.88. The minimum atomic E-state index is -0.717. The maximum atomic E-state index is 13.4. The van der Waals surface area contributed by atoms with Crippen molar-refractivity contribution >= 4 is 29.0 Å². The standard InChI is InChI=1S/C38H42N2O5/c1-5-29(6-2)37(42)40(31-16-12-13-27(3)25-31)23-24-45-32-21-19-28(20-22-32)26-35(38(43)44-4)39-34-18-11-10-17-33(34)36(41)30-14-8-7-9-15-30/h7-22,25,29,35,39H,5-6,23-24,26H2,1-4H3/t35-/m0/s1. The van der Waals surface area contributed by atoms with Crippen LogP contribution >= 0.6 is 0 Å². The number of nitrogens with zero attached hydrogens (tertiary/aromatic N) is 1. The predicted molar refractivity (Wildman–Crippen MR) is 179 cm³/mol. The number of esters is 1. The van der Waals surface area contributed by atoms with Crippen LogP contribution in [-0.4, -0.2) is 44.0 Å². The fraction of sp³-hybridized carbons (Fsp3) is 0.289. The summed E-state index contributed by atoms with van der Waals surface area (Å²) >= 11 is 0. The molecule has 4 aromatic carbocycles. The Bertz CT molecular complexity index is 1560. The third kappa shape index (κ3) is 8.82. The third-order valence-corrected chi connectivity index (χ3v) is 7.88. The Kier molecular flexibility index (Phi) is 11.9. The van der Waals surface area contributed by atoms with Crippen LogP contribution in [0.1, 0.15) is 53.7 Å². The van der Waals surface area contributed by atoms with Gasteiger partial charge in [0.25, 0.3) is 0 Å². The average Bonchev–Trinajstić information content (AvgIpc) is 3.07. The molecule has 0 spiro atoms. The normalized spacial score (nSPS) is 11.5. The lowest BCUT2D eigenvalue weighted by molar-refractivity contribution is -0.141. The van der Waals surface area contributed by atoms with Crippen molar-refractivity contribution in [2.24, 2.45) is 5.92 Å². The van der Waals surface area contributed by atoms with Crippen molar-refractivity contribution in [2.75, 3.05) is 30.5 Å². The Morgan fingerprint density at radius 1 is 0.822 bits per heavy atom. The van der Waals surface area contributed by atoms with Gasteiger partial charge in [0.1, 0.15) is 18.4 Å². The van der Waals surface area contributed by atoms with Crippen LogP contribution < -0.4 is 15.0 Å². The van der Waals surface area contributed by atoms with Crippen LogP contribution in [0.5, 0.6) is 5.75 Å². The molecule has 1 amide bonds. The molecule has 0 heterocycles. The molecule has 0 aliphatic rings. The van der Waals surface area contributed by atoms with Gasteiger partial charge in [-0.2, -0.15) is 0 Å². The second kappa shape index (κ2) is 16.2. The van der Waals surface area contributed by atoms with Crippen molar-refractivity contribution in [3.63, 3.8) is 0 Å². The SMILES string of the molecule is CCC(CC)C(=O)N(CCOc1ccc(C[C@H](Nc2ccccc2C(=O)c2ccccc2)C(=O)OC)cc1)c1cccc(C)c1. The molecule has 7 nitrogen and oxygen atoms in total. The minimum absolute atomic E-state index is 0.0374. The molecule has 7 heteroatoms. The van der Waals surface area contributed by atoms with Crippen molar-refractivity contribution in [1.82, 2.24) is 0 Å². The number of carbonyl (C=O) groups excluding carboxylic acids is 3. The number of anilines is 2. The lowest BCUT2D eigenvalue weighted by atomic mass is 10.00. The van der Waals surface area contributed by atoms with Crippen LogP contribution in [0.4, 0.5) is 11.4 Å². The number of para-hydroxylation sites is 1. The Balaban J connectivity index is 1.42. The van der Waals surface area contributed by atoms with Gasteiger partial charge in [-0.05, 0) is 67.3 Å². The number of carbonyl (C=O) groups is 3. The van der Waals surface area contributed by atoms with Crippen molar-refractivity contribution in [2.45, 2.75) is 46.1 Å². The monoisotopic (exact) mass is 606 g/mol. The molecule has 0 aromatic heterocycles. The van der Waals surface area contributed by atoms with Crippen LogP contribution in [0.3, 0.4) is 0 Å². The first-order valence-electron chi connectivity index (χ1n) is 15.5. The van der Waals surface area contributed by atoms with Gasteiger partial charge in [-0.3, -0.25) is 9.59 Å². The van der Waals surface area contributed by atoms with E-state index in [2.05, 4.69) is 5.32 Å².